The molecule has 7 heteroatoms. The predicted octanol–water partition coefficient (Wildman–Crippen LogP) is 2.00. The Morgan fingerprint density at radius 2 is 2.32 bits per heavy atom. The second-order valence-corrected chi connectivity index (χ2v) is 4.72. The molecule has 0 fully saturated rings. The van der Waals surface area contributed by atoms with Crippen LogP contribution in [0.5, 0.6) is 5.75 Å². The third-order valence-corrected chi connectivity index (χ3v) is 2.87. The number of hydrogen-bond acceptors (Lipinski definition) is 4. The van der Waals surface area contributed by atoms with Gasteiger partial charge in [-0.1, -0.05) is 22.0 Å². The first-order chi connectivity index (χ1) is 9.06. The van der Waals surface area contributed by atoms with E-state index in [1.165, 1.54) is 10.9 Å². The number of halogens is 1. The zero-order valence-corrected chi connectivity index (χ0v) is 11.5. The lowest BCUT2D eigenvalue weighted by molar-refractivity contribution is 0.0690. The van der Waals surface area contributed by atoms with Gasteiger partial charge in [0.2, 0.25) is 0 Å². The van der Waals surface area contributed by atoms with E-state index in [2.05, 4.69) is 21.0 Å². The summed E-state index contributed by atoms with van der Waals surface area (Å²) in [6.45, 7) is 0.792. The zero-order valence-electron chi connectivity index (χ0n) is 9.91. The van der Waals surface area contributed by atoms with E-state index in [0.29, 0.717) is 13.2 Å². The van der Waals surface area contributed by atoms with E-state index in [1.54, 1.807) is 0 Å². The number of carboxylic acid groups (broad SMARTS) is 1. The summed E-state index contributed by atoms with van der Waals surface area (Å²) in [5.74, 6) is -0.405. The molecule has 0 aliphatic carbocycles. The molecule has 0 atom stereocenters. The Morgan fingerprint density at radius 3 is 2.95 bits per heavy atom. The van der Waals surface area contributed by atoms with Gasteiger partial charge in [0, 0.05) is 10.7 Å². The minimum atomic E-state index is -1.14. The first-order valence-corrected chi connectivity index (χ1v) is 6.30. The van der Waals surface area contributed by atoms with Crippen LogP contribution in [0.15, 0.2) is 34.9 Å². The molecule has 0 amide bonds. The fourth-order valence-corrected chi connectivity index (χ4v) is 1.91. The van der Waals surface area contributed by atoms with Crippen LogP contribution < -0.4 is 10.5 Å². The molecule has 100 valence electrons. The zero-order chi connectivity index (χ0) is 13.8. The Balaban J connectivity index is 1.92. The molecule has 0 saturated carbocycles. The van der Waals surface area contributed by atoms with Crippen molar-refractivity contribution in [2.75, 3.05) is 12.3 Å². The third kappa shape index (κ3) is 3.47. The van der Waals surface area contributed by atoms with E-state index in [1.807, 2.05) is 24.3 Å². The standard InChI is InChI=1S/C12H12BrN3O3/c13-8-2-1-3-9(6-8)19-5-4-16-7-10(14)11(15-16)12(17)18/h1-3,6-7H,4-5,14H2,(H,17,18). The molecule has 2 aromatic rings. The van der Waals surface area contributed by atoms with E-state index in [9.17, 15) is 4.79 Å². The molecular formula is C12H12BrN3O3. The van der Waals surface area contributed by atoms with Crippen LogP contribution in [0.25, 0.3) is 0 Å². The first kappa shape index (κ1) is 13.4. The van der Waals surface area contributed by atoms with Crippen LogP contribution in [0.1, 0.15) is 10.5 Å². The van der Waals surface area contributed by atoms with Gasteiger partial charge < -0.3 is 15.6 Å². The van der Waals surface area contributed by atoms with Crippen molar-refractivity contribution in [2.45, 2.75) is 6.54 Å². The molecule has 0 saturated heterocycles. The Kier molecular flexibility index (Phi) is 4.06. The van der Waals surface area contributed by atoms with Crippen LogP contribution in [0.4, 0.5) is 5.69 Å². The highest BCUT2D eigenvalue weighted by molar-refractivity contribution is 9.10. The van der Waals surface area contributed by atoms with Gasteiger partial charge in [-0.2, -0.15) is 5.10 Å². The average Bonchev–Trinajstić information content (AvgIpc) is 2.71. The largest absolute Gasteiger partial charge is 0.492 e. The maximum absolute atomic E-state index is 10.8. The maximum Gasteiger partial charge on any atom is 0.358 e. The summed E-state index contributed by atoms with van der Waals surface area (Å²) < 4.78 is 7.91. The number of anilines is 1. The number of carboxylic acids is 1. The van der Waals surface area contributed by atoms with Gasteiger partial charge in [-0.15, -0.1) is 0 Å². The molecule has 1 aromatic carbocycles. The number of rotatable bonds is 5. The summed E-state index contributed by atoms with van der Waals surface area (Å²) in [4.78, 5) is 10.8. The molecule has 19 heavy (non-hydrogen) atoms. The summed E-state index contributed by atoms with van der Waals surface area (Å²) in [5, 5.41) is 12.7. The number of hydrogen-bond donors (Lipinski definition) is 2. The molecule has 0 unspecified atom stereocenters. The predicted molar refractivity (Wildman–Crippen MR) is 73.2 cm³/mol. The smallest absolute Gasteiger partial charge is 0.358 e. The number of aromatic nitrogens is 2. The monoisotopic (exact) mass is 325 g/mol. The third-order valence-electron chi connectivity index (χ3n) is 2.38. The van der Waals surface area contributed by atoms with E-state index in [-0.39, 0.29) is 11.4 Å². The fraction of sp³-hybridized carbons (Fsp3) is 0.167. The Morgan fingerprint density at radius 1 is 1.53 bits per heavy atom. The van der Waals surface area contributed by atoms with Crippen LogP contribution in [-0.2, 0) is 6.54 Å². The van der Waals surface area contributed by atoms with Gasteiger partial charge in [-0.05, 0) is 18.2 Å². The van der Waals surface area contributed by atoms with Crippen LogP contribution in [-0.4, -0.2) is 27.5 Å². The van der Waals surface area contributed by atoms with Crippen LogP contribution in [0.2, 0.25) is 0 Å². The highest BCUT2D eigenvalue weighted by Gasteiger charge is 2.12. The second kappa shape index (κ2) is 5.75. The minimum Gasteiger partial charge on any atom is -0.492 e. The molecule has 0 spiro atoms. The fourth-order valence-electron chi connectivity index (χ4n) is 1.53. The minimum absolute atomic E-state index is 0.137. The maximum atomic E-state index is 10.8. The number of nitrogens with zero attached hydrogens (tertiary/aromatic N) is 2. The summed E-state index contributed by atoms with van der Waals surface area (Å²) in [6, 6.07) is 7.46. The molecule has 1 heterocycles. The Hall–Kier alpha value is -2.02. The SMILES string of the molecule is Nc1cn(CCOc2cccc(Br)c2)nc1C(=O)O. The molecule has 0 bridgehead atoms. The van der Waals surface area contributed by atoms with Gasteiger partial charge in [-0.3, -0.25) is 4.68 Å². The van der Waals surface area contributed by atoms with E-state index < -0.39 is 5.97 Å². The topological polar surface area (TPSA) is 90.4 Å². The van der Waals surface area contributed by atoms with Crippen molar-refractivity contribution in [1.29, 1.82) is 0 Å². The molecular weight excluding hydrogens is 314 g/mol. The molecule has 0 radical (unpaired) electrons. The van der Waals surface area contributed by atoms with E-state index >= 15 is 0 Å². The average molecular weight is 326 g/mol. The highest BCUT2D eigenvalue weighted by atomic mass is 79.9. The normalized spacial score (nSPS) is 10.4. The number of nitrogen functional groups attached to an aromatic ring is 1. The second-order valence-electron chi connectivity index (χ2n) is 3.81. The molecule has 2 rings (SSSR count). The lowest BCUT2D eigenvalue weighted by atomic mass is 10.3. The van der Waals surface area contributed by atoms with Gasteiger partial charge in [0.25, 0.3) is 0 Å². The summed E-state index contributed by atoms with van der Waals surface area (Å²) in [6.07, 6.45) is 1.48. The van der Waals surface area contributed by atoms with E-state index in [4.69, 9.17) is 15.6 Å². The number of aromatic carboxylic acids is 1. The molecule has 0 aliphatic heterocycles. The van der Waals surface area contributed by atoms with Gasteiger partial charge in [0.05, 0.1) is 12.2 Å². The van der Waals surface area contributed by atoms with Gasteiger partial charge in [-0.25, -0.2) is 4.79 Å². The molecule has 3 N–H and O–H groups in total. The van der Waals surface area contributed by atoms with Crippen molar-refractivity contribution >= 4 is 27.6 Å². The van der Waals surface area contributed by atoms with Crippen molar-refractivity contribution in [1.82, 2.24) is 9.78 Å². The molecule has 1 aromatic heterocycles. The van der Waals surface area contributed by atoms with Gasteiger partial charge in [0.1, 0.15) is 12.4 Å². The summed E-state index contributed by atoms with van der Waals surface area (Å²) in [7, 11) is 0. The van der Waals surface area contributed by atoms with Crippen molar-refractivity contribution < 1.29 is 14.6 Å². The van der Waals surface area contributed by atoms with Crippen LogP contribution in [0.3, 0.4) is 0 Å². The Labute approximate surface area is 117 Å². The Bertz CT molecular complexity index is 598. The number of nitrogens with two attached hydrogens (primary N) is 1. The van der Waals surface area contributed by atoms with Crippen molar-refractivity contribution in [3.05, 3.63) is 40.6 Å². The lowest BCUT2D eigenvalue weighted by Crippen LogP contribution is -2.09. The van der Waals surface area contributed by atoms with Crippen LogP contribution >= 0.6 is 15.9 Å². The van der Waals surface area contributed by atoms with Crippen molar-refractivity contribution in [2.24, 2.45) is 0 Å². The number of carbonyl (C=O) groups is 1. The van der Waals surface area contributed by atoms with Crippen molar-refractivity contribution in [3.63, 3.8) is 0 Å². The molecule has 6 nitrogen and oxygen atoms in total. The number of ether oxygens (including phenoxy) is 1. The molecule has 0 aliphatic rings. The number of benzene rings is 1. The van der Waals surface area contributed by atoms with Crippen LogP contribution in [0, 0.1) is 0 Å². The van der Waals surface area contributed by atoms with Gasteiger partial charge in [0.15, 0.2) is 5.69 Å². The lowest BCUT2D eigenvalue weighted by Gasteiger charge is -2.06. The first-order valence-electron chi connectivity index (χ1n) is 5.51. The summed E-state index contributed by atoms with van der Waals surface area (Å²) >= 11 is 3.35. The highest BCUT2D eigenvalue weighted by Crippen LogP contribution is 2.17. The van der Waals surface area contributed by atoms with Crippen molar-refractivity contribution in [3.8, 4) is 5.75 Å². The van der Waals surface area contributed by atoms with Gasteiger partial charge >= 0.3 is 5.97 Å². The summed E-state index contributed by atoms with van der Waals surface area (Å²) in [5.41, 5.74) is 5.55. The van der Waals surface area contributed by atoms with E-state index in [0.717, 1.165) is 10.2 Å². The quantitative estimate of drug-likeness (QED) is 0.877.